The first kappa shape index (κ1) is 14.6. The van der Waals surface area contributed by atoms with Gasteiger partial charge in [0.25, 0.3) is 0 Å². The molecule has 1 heterocycles. The monoisotopic (exact) mass is 318 g/mol. The Kier molecular flexibility index (Phi) is 4.83. The number of rotatable bonds is 5. The Labute approximate surface area is 113 Å². The Balaban J connectivity index is 2.97. The SMILES string of the molecule is CCN(CC)C(=O)C(C)n1cc(Br)c([N+](=O)[O-])n1. The Bertz CT molecular complexity index is 456. The zero-order valence-electron chi connectivity index (χ0n) is 10.5. The van der Waals surface area contributed by atoms with Gasteiger partial charge in [0, 0.05) is 13.1 Å². The number of aromatic nitrogens is 2. The number of nitro groups is 1. The summed E-state index contributed by atoms with van der Waals surface area (Å²) in [5.41, 5.74) is 0. The molecule has 0 saturated carbocycles. The largest absolute Gasteiger partial charge is 0.404 e. The summed E-state index contributed by atoms with van der Waals surface area (Å²) >= 11 is 3.06. The number of halogens is 1. The number of likely N-dealkylation sites (N-methyl/N-ethyl adjacent to an activating group) is 1. The average molecular weight is 319 g/mol. The Morgan fingerprint density at radius 2 is 2.17 bits per heavy atom. The molecular formula is C10H15BrN4O3. The summed E-state index contributed by atoms with van der Waals surface area (Å²) in [6.45, 7) is 6.64. The molecule has 1 aromatic heterocycles. The molecule has 100 valence electrons. The lowest BCUT2D eigenvalue weighted by Gasteiger charge is -2.21. The number of hydrogen-bond donors (Lipinski definition) is 0. The molecule has 1 unspecified atom stereocenters. The maximum Gasteiger partial charge on any atom is 0.404 e. The van der Waals surface area contributed by atoms with E-state index in [1.807, 2.05) is 13.8 Å². The van der Waals surface area contributed by atoms with E-state index in [0.717, 1.165) is 0 Å². The minimum absolute atomic E-state index is 0.107. The highest BCUT2D eigenvalue weighted by Gasteiger charge is 2.27. The van der Waals surface area contributed by atoms with E-state index in [2.05, 4.69) is 21.0 Å². The molecule has 18 heavy (non-hydrogen) atoms. The van der Waals surface area contributed by atoms with E-state index in [4.69, 9.17) is 0 Å². The number of hydrogen-bond acceptors (Lipinski definition) is 4. The van der Waals surface area contributed by atoms with Crippen molar-refractivity contribution in [3.05, 3.63) is 20.8 Å². The van der Waals surface area contributed by atoms with Crippen LogP contribution in [-0.2, 0) is 4.79 Å². The highest BCUT2D eigenvalue weighted by atomic mass is 79.9. The van der Waals surface area contributed by atoms with E-state index in [-0.39, 0.29) is 16.2 Å². The summed E-state index contributed by atoms with van der Waals surface area (Å²) in [4.78, 5) is 23.8. The van der Waals surface area contributed by atoms with Crippen LogP contribution in [0.15, 0.2) is 10.7 Å². The Morgan fingerprint density at radius 3 is 2.56 bits per heavy atom. The van der Waals surface area contributed by atoms with Gasteiger partial charge in [0.1, 0.15) is 10.5 Å². The fourth-order valence-electron chi connectivity index (χ4n) is 1.59. The van der Waals surface area contributed by atoms with Gasteiger partial charge in [-0.2, -0.15) is 4.68 Å². The fourth-order valence-corrected chi connectivity index (χ4v) is 2.03. The second-order valence-corrected chi connectivity index (χ2v) is 4.58. The van der Waals surface area contributed by atoms with Crippen molar-refractivity contribution in [3.8, 4) is 0 Å². The zero-order valence-corrected chi connectivity index (χ0v) is 12.0. The number of carbonyl (C=O) groups excluding carboxylic acids is 1. The van der Waals surface area contributed by atoms with E-state index in [0.29, 0.717) is 13.1 Å². The van der Waals surface area contributed by atoms with Gasteiger partial charge in [-0.15, -0.1) is 0 Å². The van der Waals surface area contributed by atoms with Crippen molar-refractivity contribution in [2.24, 2.45) is 0 Å². The molecule has 0 spiro atoms. The average Bonchev–Trinajstić information content (AvgIpc) is 2.71. The van der Waals surface area contributed by atoms with Crippen molar-refractivity contribution in [2.75, 3.05) is 13.1 Å². The first-order valence-electron chi connectivity index (χ1n) is 5.60. The van der Waals surface area contributed by atoms with Crippen LogP contribution in [0, 0.1) is 10.1 Å². The lowest BCUT2D eigenvalue weighted by molar-refractivity contribution is -0.390. The summed E-state index contributed by atoms with van der Waals surface area (Å²) in [5, 5.41) is 14.5. The third-order valence-electron chi connectivity index (χ3n) is 2.67. The van der Waals surface area contributed by atoms with Gasteiger partial charge in [-0.1, -0.05) is 0 Å². The molecule has 7 nitrogen and oxygen atoms in total. The fraction of sp³-hybridized carbons (Fsp3) is 0.600. The van der Waals surface area contributed by atoms with Crippen molar-refractivity contribution in [3.63, 3.8) is 0 Å². The van der Waals surface area contributed by atoms with Gasteiger partial charge in [0.15, 0.2) is 0 Å². The maximum atomic E-state index is 12.1. The van der Waals surface area contributed by atoms with Crippen LogP contribution >= 0.6 is 15.9 Å². The molecular weight excluding hydrogens is 304 g/mol. The second-order valence-electron chi connectivity index (χ2n) is 3.72. The summed E-state index contributed by atoms with van der Waals surface area (Å²) in [6, 6.07) is -0.560. The van der Waals surface area contributed by atoms with E-state index < -0.39 is 11.0 Å². The lowest BCUT2D eigenvalue weighted by Crippen LogP contribution is -2.36. The van der Waals surface area contributed by atoms with Crippen LogP contribution in [-0.4, -0.2) is 38.6 Å². The molecule has 0 aromatic carbocycles. The Morgan fingerprint density at radius 1 is 1.61 bits per heavy atom. The van der Waals surface area contributed by atoms with Gasteiger partial charge >= 0.3 is 5.82 Å². The number of carbonyl (C=O) groups is 1. The molecule has 0 N–H and O–H groups in total. The van der Waals surface area contributed by atoms with Crippen LogP contribution in [0.3, 0.4) is 0 Å². The molecule has 0 aliphatic heterocycles. The van der Waals surface area contributed by atoms with Crippen molar-refractivity contribution in [2.45, 2.75) is 26.8 Å². The second kappa shape index (κ2) is 5.94. The van der Waals surface area contributed by atoms with Crippen molar-refractivity contribution < 1.29 is 9.72 Å². The zero-order chi connectivity index (χ0) is 13.9. The van der Waals surface area contributed by atoms with Crippen LogP contribution in [0.25, 0.3) is 0 Å². The molecule has 0 radical (unpaired) electrons. The number of nitrogens with zero attached hydrogens (tertiary/aromatic N) is 4. The molecule has 8 heteroatoms. The molecule has 0 fully saturated rings. The van der Waals surface area contributed by atoms with Crippen LogP contribution in [0.4, 0.5) is 5.82 Å². The minimum Gasteiger partial charge on any atom is -0.358 e. The van der Waals surface area contributed by atoms with Crippen LogP contribution in [0.2, 0.25) is 0 Å². The Hall–Kier alpha value is -1.44. The molecule has 0 saturated heterocycles. The lowest BCUT2D eigenvalue weighted by atomic mass is 10.3. The summed E-state index contributed by atoms with van der Waals surface area (Å²) < 4.78 is 1.58. The van der Waals surface area contributed by atoms with Gasteiger partial charge < -0.3 is 15.0 Å². The maximum absolute atomic E-state index is 12.1. The van der Waals surface area contributed by atoms with Gasteiger partial charge in [0.05, 0.1) is 11.3 Å². The highest BCUT2D eigenvalue weighted by Crippen LogP contribution is 2.24. The molecule has 1 aromatic rings. The quantitative estimate of drug-likeness (QED) is 0.614. The number of amides is 1. The minimum atomic E-state index is -0.588. The smallest absolute Gasteiger partial charge is 0.358 e. The summed E-state index contributed by atoms with van der Waals surface area (Å²) in [6.07, 6.45) is 1.45. The van der Waals surface area contributed by atoms with Crippen molar-refractivity contribution in [1.82, 2.24) is 14.7 Å². The van der Waals surface area contributed by atoms with E-state index in [1.165, 1.54) is 10.9 Å². The summed E-state index contributed by atoms with van der Waals surface area (Å²) in [5.74, 6) is -0.390. The standard InChI is InChI=1S/C10H15BrN4O3/c1-4-13(5-2)10(16)7(3)14-6-8(11)9(12-14)15(17)18/h6-7H,4-5H2,1-3H3. The normalized spacial score (nSPS) is 12.2. The molecule has 0 aliphatic carbocycles. The summed E-state index contributed by atoms with van der Waals surface area (Å²) in [7, 11) is 0. The molecule has 0 bridgehead atoms. The van der Waals surface area contributed by atoms with Gasteiger partial charge in [-0.25, -0.2) is 0 Å². The predicted molar refractivity (Wildman–Crippen MR) is 69.2 cm³/mol. The van der Waals surface area contributed by atoms with Crippen LogP contribution in [0.1, 0.15) is 26.8 Å². The molecule has 0 aliphatic rings. The van der Waals surface area contributed by atoms with Crippen molar-refractivity contribution >= 4 is 27.7 Å². The molecule has 1 amide bonds. The van der Waals surface area contributed by atoms with Gasteiger partial charge in [-0.05, 0) is 41.6 Å². The molecule has 1 rings (SSSR count). The first-order valence-corrected chi connectivity index (χ1v) is 6.39. The van der Waals surface area contributed by atoms with E-state index >= 15 is 0 Å². The third-order valence-corrected chi connectivity index (χ3v) is 3.23. The van der Waals surface area contributed by atoms with E-state index in [9.17, 15) is 14.9 Å². The highest BCUT2D eigenvalue weighted by molar-refractivity contribution is 9.10. The predicted octanol–water partition coefficient (Wildman–Crippen LogP) is 1.98. The van der Waals surface area contributed by atoms with Crippen LogP contribution < -0.4 is 0 Å². The molecule has 1 atom stereocenters. The van der Waals surface area contributed by atoms with E-state index in [1.54, 1.807) is 11.8 Å². The van der Waals surface area contributed by atoms with Crippen molar-refractivity contribution in [1.29, 1.82) is 0 Å². The topological polar surface area (TPSA) is 81.3 Å². The van der Waals surface area contributed by atoms with Crippen LogP contribution in [0.5, 0.6) is 0 Å². The van der Waals surface area contributed by atoms with Gasteiger partial charge in [-0.3, -0.25) is 4.79 Å². The van der Waals surface area contributed by atoms with Gasteiger partial charge in [0.2, 0.25) is 5.91 Å². The first-order chi connectivity index (χ1) is 8.42. The third kappa shape index (κ3) is 2.87.